The Bertz CT molecular complexity index is 708. The zero-order valence-electron chi connectivity index (χ0n) is 19.9. The lowest BCUT2D eigenvalue weighted by atomic mass is 10.1. The fourth-order valence-electron chi connectivity index (χ4n) is 4.76. The van der Waals surface area contributed by atoms with Crippen molar-refractivity contribution in [1.82, 2.24) is 25.3 Å². The summed E-state index contributed by atoms with van der Waals surface area (Å²) < 4.78 is 0. The standard InChI is InChI=1S/C24H40N6O.HI/c1-25-24(26-14-10-18-29-17-9-13-21(29)23(31)28(2)3)27-19-22(30-15-7-8-16-30)20-11-5-4-6-12-20;/h4-6,11-12,21-22H,7-10,13-19H2,1-3H3,(H2,25,26,27);1H. The van der Waals surface area contributed by atoms with Gasteiger partial charge in [-0.2, -0.15) is 0 Å². The molecule has 1 aromatic carbocycles. The van der Waals surface area contributed by atoms with E-state index in [0.29, 0.717) is 6.04 Å². The number of nitrogens with zero attached hydrogens (tertiary/aromatic N) is 4. The second kappa shape index (κ2) is 14.0. The predicted molar refractivity (Wildman–Crippen MR) is 143 cm³/mol. The minimum atomic E-state index is 0. The van der Waals surface area contributed by atoms with Crippen molar-refractivity contribution >= 4 is 35.8 Å². The number of nitrogens with one attached hydrogen (secondary N) is 2. The lowest BCUT2D eigenvalue weighted by Crippen LogP contribution is -2.45. The van der Waals surface area contributed by atoms with Gasteiger partial charge in [0.05, 0.1) is 12.1 Å². The van der Waals surface area contributed by atoms with Crippen molar-refractivity contribution in [3.8, 4) is 0 Å². The summed E-state index contributed by atoms with van der Waals surface area (Å²) in [6.07, 6.45) is 5.64. The van der Waals surface area contributed by atoms with Gasteiger partial charge in [-0.3, -0.25) is 19.6 Å². The molecule has 0 spiro atoms. The number of amides is 1. The van der Waals surface area contributed by atoms with Crippen LogP contribution in [0.5, 0.6) is 0 Å². The molecule has 0 saturated carbocycles. The summed E-state index contributed by atoms with van der Waals surface area (Å²) in [5, 5.41) is 6.99. The number of carbonyl (C=O) groups excluding carboxylic acids is 1. The van der Waals surface area contributed by atoms with Crippen LogP contribution in [0, 0.1) is 0 Å². The highest BCUT2D eigenvalue weighted by molar-refractivity contribution is 14.0. The van der Waals surface area contributed by atoms with Crippen LogP contribution < -0.4 is 10.6 Å². The molecular formula is C24H41IN6O. The first kappa shape index (κ1) is 26.9. The summed E-state index contributed by atoms with van der Waals surface area (Å²) in [6.45, 7) is 5.97. The fourth-order valence-corrected chi connectivity index (χ4v) is 4.76. The van der Waals surface area contributed by atoms with Gasteiger partial charge in [0, 0.05) is 40.8 Å². The number of likely N-dealkylation sites (N-methyl/N-ethyl adjacent to an activating group) is 1. The number of rotatable bonds is 9. The third-order valence-corrected chi connectivity index (χ3v) is 6.46. The molecule has 2 fully saturated rings. The molecule has 2 heterocycles. The molecule has 2 aliphatic rings. The summed E-state index contributed by atoms with van der Waals surface area (Å²) >= 11 is 0. The van der Waals surface area contributed by atoms with Crippen LogP contribution >= 0.6 is 24.0 Å². The molecule has 2 unspecified atom stereocenters. The molecular weight excluding hydrogens is 515 g/mol. The summed E-state index contributed by atoms with van der Waals surface area (Å²) in [7, 11) is 5.52. The van der Waals surface area contributed by atoms with Gasteiger partial charge in [0.2, 0.25) is 5.91 Å². The molecule has 3 rings (SSSR count). The van der Waals surface area contributed by atoms with E-state index in [9.17, 15) is 4.79 Å². The smallest absolute Gasteiger partial charge is 0.239 e. The number of benzene rings is 1. The van der Waals surface area contributed by atoms with Crippen molar-refractivity contribution in [2.45, 2.75) is 44.2 Å². The molecule has 1 amide bonds. The first-order chi connectivity index (χ1) is 15.1. The Morgan fingerprint density at radius 3 is 2.50 bits per heavy atom. The second-order valence-corrected chi connectivity index (χ2v) is 8.83. The molecule has 8 heteroatoms. The van der Waals surface area contributed by atoms with E-state index >= 15 is 0 Å². The maximum atomic E-state index is 12.4. The van der Waals surface area contributed by atoms with Crippen LogP contribution in [0.2, 0.25) is 0 Å². The first-order valence-electron chi connectivity index (χ1n) is 11.8. The van der Waals surface area contributed by atoms with Crippen molar-refractivity contribution < 1.29 is 4.79 Å². The van der Waals surface area contributed by atoms with Crippen molar-refractivity contribution in [1.29, 1.82) is 0 Å². The number of guanidine groups is 1. The van der Waals surface area contributed by atoms with Gasteiger partial charge in [0.1, 0.15) is 0 Å². The molecule has 2 saturated heterocycles. The lowest BCUT2D eigenvalue weighted by Gasteiger charge is -2.29. The maximum absolute atomic E-state index is 12.4. The van der Waals surface area contributed by atoms with Crippen LogP contribution in [-0.4, -0.2) is 93.0 Å². The molecule has 2 N–H and O–H groups in total. The molecule has 1 aromatic rings. The van der Waals surface area contributed by atoms with Crippen LogP contribution in [0.25, 0.3) is 0 Å². The van der Waals surface area contributed by atoms with Crippen molar-refractivity contribution in [3.63, 3.8) is 0 Å². The minimum Gasteiger partial charge on any atom is -0.356 e. The Hall–Kier alpha value is -1.39. The van der Waals surface area contributed by atoms with Gasteiger partial charge < -0.3 is 15.5 Å². The molecule has 180 valence electrons. The van der Waals surface area contributed by atoms with E-state index in [1.165, 1.54) is 18.4 Å². The Labute approximate surface area is 211 Å². The van der Waals surface area contributed by atoms with E-state index in [1.54, 1.807) is 4.90 Å². The quantitative estimate of drug-likeness (QED) is 0.212. The van der Waals surface area contributed by atoms with Crippen molar-refractivity contribution in [2.24, 2.45) is 4.99 Å². The molecule has 7 nitrogen and oxygen atoms in total. The molecule has 0 aromatic heterocycles. The van der Waals surface area contributed by atoms with Gasteiger partial charge in [-0.15, -0.1) is 24.0 Å². The zero-order valence-corrected chi connectivity index (χ0v) is 22.3. The largest absolute Gasteiger partial charge is 0.356 e. The Morgan fingerprint density at radius 1 is 1.12 bits per heavy atom. The topological polar surface area (TPSA) is 63.2 Å². The third kappa shape index (κ3) is 7.59. The Kier molecular flexibility index (Phi) is 11.7. The normalized spacial score (nSPS) is 20.6. The number of carbonyl (C=O) groups is 1. The van der Waals surface area contributed by atoms with Crippen LogP contribution in [0.15, 0.2) is 35.3 Å². The number of hydrogen-bond acceptors (Lipinski definition) is 4. The Balaban J connectivity index is 0.00000363. The van der Waals surface area contributed by atoms with Crippen LogP contribution in [0.1, 0.15) is 43.7 Å². The number of likely N-dealkylation sites (tertiary alicyclic amines) is 2. The monoisotopic (exact) mass is 556 g/mol. The lowest BCUT2D eigenvalue weighted by molar-refractivity contribution is -0.133. The van der Waals surface area contributed by atoms with Crippen LogP contribution in [0.3, 0.4) is 0 Å². The van der Waals surface area contributed by atoms with Gasteiger partial charge in [0.25, 0.3) is 0 Å². The number of halogens is 1. The Morgan fingerprint density at radius 2 is 1.84 bits per heavy atom. The second-order valence-electron chi connectivity index (χ2n) is 8.83. The number of hydrogen-bond donors (Lipinski definition) is 2. The van der Waals surface area contributed by atoms with Crippen molar-refractivity contribution in [3.05, 3.63) is 35.9 Å². The summed E-state index contributed by atoms with van der Waals surface area (Å²) in [5.41, 5.74) is 1.36. The minimum absolute atomic E-state index is 0. The van der Waals surface area contributed by atoms with E-state index in [1.807, 2.05) is 21.1 Å². The van der Waals surface area contributed by atoms with E-state index in [2.05, 4.69) is 55.8 Å². The van der Waals surface area contributed by atoms with E-state index < -0.39 is 0 Å². The highest BCUT2D eigenvalue weighted by Crippen LogP contribution is 2.24. The van der Waals surface area contributed by atoms with Crippen LogP contribution in [-0.2, 0) is 4.79 Å². The molecule has 2 aliphatic heterocycles. The SMILES string of the molecule is CN=C(NCCCN1CCCC1C(=O)N(C)C)NCC(c1ccccc1)N1CCCC1.I. The van der Waals surface area contributed by atoms with Crippen LogP contribution in [0.4, 0.5) is 0 Å². The van der Waals surface area contributed by atoms with Gasteiger partial charge in [-0.25, -0.2) is 0 Å². The zero-order chi connectivity index (χ0) is 22.1. The summed E-state index contributed by atoms with van der Waals surface area (Å²) in [4.78, 5) is 23.4. The highest BCUT2D eigenvalue weighted by atomic mass is 127. The van der Waals surface area contributed by atoms with Gasteiger partial charge in [0.15, 0.2) is 5.96 Å². The van der Waals surface area contributed by atoms with Gasteiger partial charge >= 0.3 is 0 Å². The molecule has 0 bridgehead atoms. The third-order valence-electron chi connectivity index (χ3n) is 6.46. The molecule has 32 heavy (non-hydrogen) atoms. The number of aliphatic imine (C=N–C) groups is 1. The predicted octanol–water partition coefficient (Wildman–Crippen LogP) is 2.55. The average Bonchev–Trinajstić information content (AvgIpc) is 3.48. The van der Waals surface area contributed by atoms with Crippen molar-refractivity contribution in [2.75, 3.05) is 60.4 Å². The highest BCUT2D eigenvalue weighted by Gasteiger charge is 2.31. The molecule has 0 aliphatic carbocycles. The molecule has 0 radical (unpaired) electrons. The van der Waals surface area contributed by atoms with Gasteiger partial charge in [-0.05, 0) is 57.3 Å². The van der Waals surface area contributed by atoms with E-state index in [4.69, 9.17) is 0 Å². The maximum Gasteiger partial charge on any atom is 0.239 e. The van der Waals surface area contributed by atoms with Gasteiger partial charge in [-0.1, -0.05) is 30.3 Å². The molecule has 2 atom stereocenters. The van der Waals surface area contributed by atoms with E-state index in [0.717, 1.165) is 64.5 Å². The fraction of sp³-hybridized carbons (Fsp3) is 0.667. The summed E-state index contributed by atoms with van der Waals surface area (Å²) in [5.74, 6) is 1.08. The van der Waals surface area contributed by atoms with E-state index in [-0.39, 0.29) is 35.9 Å². The summed E-state index contributed by atoms with van der Waals surface area (Å²) in [6, 6.07) is 11.2. The average molecular weight is 557 g/mol. The first-order valence-corrected chi connectivity index (χ1v) is 11.8.